The number of carboxylic acid groups (broad SMARTS) is 1. The summed E-state index contributed by atoms with van der Waals surface area (Å²) in [6.07, 6.45) is -0.852. The summed E-state index contributed by atoms with van der Waals surface area (Å²) in [5.41, 5.74) is -0.812. The first-order valence-corrected chi connectivity index (χ1v) is 7.36. The Morgan fingerprint density at radius 2 is 1.76 bits per heavy atom. The predicted molar refractivity (Wildman–Crippen MR) is 79.7 cm³/mol. The molecule has 1 fully saturated rings. The van der Waals surface area contributed by atoms with Gasteiger partial charge in [-0.25, -0.2) is 0 Å². The van der Waals surface area contributed by atoms with Crippen molar-refractivity contribution < 1.29 is 20.1 Å². The molecule has 0 aromatic heterocycles. The molecule has 4 nitrogen and oxygen atoms in total. The largest absolute Gasteiger partial charge is 0.481 e. The molecule has 0 radical (unpaired) electrons. The number of carbonyl (C=O) groups is 1. The fourth-order valence-electron chi connectivity index (χ4n) is 3.58. The zero-order valence-corrected chi connectivity index (χ0v) is 12.8. The van der Waals surface area contributed by atoms with Crippen molar-refractivity contribution >= 4 is 5.97 Å². The summed E-state index contributed by atoms with van der Waals surface area (Å²) in [5.74, 6) is -1.09. The van der Waals surface area contributed by atoms with Gasteiger partial charge in [-0.2, -0.15) is 0 Å². The Labute approximate surface area is 125 Å². The second-order valence-electron chi connectivity index (χ2n) is 6.85. The molecule has 0 saturated heterocycles. The van der Waals surface area contributed by atoms with E-state index in [9.17, 15) is 20.1 Å². The first kappa shape index (κ1) is 16.0. The van der Waals surface area contributed by atoms with Crippen molar-refractivity contribution in [3.05, 3.63) is 35.9 Å². The van der Waals surface area contributed by atoms with Crippen LogP contribution >= 0.6 is 0 Å². The van der Waals surface area contributed by atoms with Crippen molar-refractivity contribution in [3.63, 3.8) is 0 Å². The molecule has 1 aromatic rings. The lowest BCUT2D eigenvalue weighted by atomic mass is 9.64. The van der Waals surface area contributed by atoms with E-state index in [0.717, 1.165) is 0 Å². The molecule has 4 heteroatoms. The summed E-state index contributed by atoms with van der Waals surface area (Å²) < 4.78 is 0. The first-order valence-electron chi connectivity index (χ1n) is 7.36. The maximum atomic E-state index is 11.6. The van der Waals surface area contributed by atoms with Crippen LogP contribution in [0.1, 0.15) is 45.3 Å². The molecule has 0 heterocycles. The van der Waals surface area contributed by atoms with E-state index in [0.29, 0.717) is 18.4 Å². The minimum absolute atomic E-state index is 0.256. The summed E-state index contributed by atoms with van der Waals surface area (Å²) >= 11 is 0. The Morgan fingerprint density at radius 1 is 1.19 bits per heavy atom. The molecule has 0 amide bonds. The highest BCUT2D eigenvalue weighted by molar-refractivity contribution is 5.75. The van der Waals surface area contributed by atoms with Gasteiger partial charge in [-0.05, 0) is 36.7 Å². The lowest BCUT2D eigenvalue weighted by Gasteiger charge is -2.41. The molecule has 21 heavy (non-hydrogen) atoms. The molecule has 2 rings (SSSR count). The van der Waals surface area contributed by atoms with E-state index in [1.807, 2.05) is 32.0 Å². The van der Waals surface area contributed by atoms with Crippen molar-refractivity contribution in [1.29, 1.82) is 0 Å². The highest BCUT2D eigenvalue weighted by Crippen LogP contribution is 2.58. The molecule has 1 aliphatic rings. The summed E-state index contributed by atoms with van der Waals surface area (Å²) in [4.78, 5) is 11.6. The van der Waals surface area contributed by atoms with E-state index in [2.05, 4.69) is 0 Å². The second-order valence-corrected chi connectivity index (χ2v) is 6.85. The van der Waals surface area contributed by atoms with Crippen molar-refractivity contribution in [3.8, 4) is 0 Å². The molecule has 1 saturated carbocycles. The van der Waals surface area contributed by atoms with E-state index in [1.54, 1.807) is 19.1 Å². The molecule has 1 aliphatic carbocycles. The number of aliphatic hydroxyl groups excluding tert-OH is 2. The molecule has 0 aliphatic heterocycles. The minimum atomic E-state index is -0.994. The molecular formula is C17H24O4. The van der Waals surface area contributed by atoms with Crippen molar-refractivity contribution in [1.82, 2.24) is 0 Å². The molecule has 3 N–H and O–H groups in total. The fraction of sp³-hybridized carbons (Fsp3) is 0.588. The third kappa shape index (κ3) is 2.47. The van der Waals surface area contributed by atoms with Gasteiger partial charge in [0.25, 0.3) is 0 Å². The lowest BCUT2D eigenvalue weighted by molar-refractivity contribution is -0.156. The first-order chi connectivity index (χ1) is 9.72. The van der Waals surface area contributed by atoms with E-state index < -0.39 is 29.0 Å². The van der Waals surface area contributed by atoms with Crippen LogP contribution in [0.4, 0.5) is 0 Å². The highest BCUT2D eigenvalue weighted by Gasteiger charge is 2.58. The fourth-order valence-corrected chi connectivity index (χ4v) is 3.58. The van der Waals surface area contributed by atoms with Crippen LogP contribution in [0.3, 0.4) is 0 Å². The van der Waals surface area contributed by atoms with Gasteiger partial charge in [-0.1, -0.05) is 44.2 Å². The van der Waals surface area contributed by atoms with Gasteiger partial charge >= 0.3 is 5.97 Å². The van der Waals surface area contributed by atoms with Gasteiger partial charge in [0.2, 0.25) is 0 Å². The number of benzene rings is 1. The maximum absolute atomic E-state index is 11.6. The second kappa shape index (κ2) is 5.43. The average Bonchev–Trinajstić information content (AvgIpc) is 2.70. The molecule has 116 valence electrons. The maximum Gasteiger partial charge on any atom is 0.309 e. The molecular weight excluding hydrogens is 268 g/mol. The van der Waals surface area contributed by atoms with Crippen LogP contribution in [0, 0.1) is 16.7 Å². The van der Waals surface area contributed by atoms with Gasteiger partial charge < -0.3 is 15.3 Å². The molecule has 1 aromatic carbocycles. The van der Waals surface area contributed by atoms with Gasteiger partial charge in [0, 0.05) is 0 Å². The zero-order valence-electron chi connectivity index (χ0n) is 12.8. The van der Waals surface area contributed by atoms with Crippen LogP contribution in [0.2, 0.25) is 0 Å². The highest BCUT2D eigenvalue weighted by atomic mass is 16.4. The summed E-state index contributed by atoms with van der Waals surface area (Å²) in [6.45, 7) is 5.48. The van der Waals surface area contributed by atoms with Crippen molar-refractivity contribution in [2.24, 2.45) is 16.7 Å². The van der Waals surface area contributed by atoms with Gasteiger partial charge in [0.1, 0.15) is 6.10 Å². The van der Waals surface area contributed by atoms with Crippen LogP contribution in [0.25, 0.3) is 0 Å². The van der Waals surface area contributed by atoms with E-state index in [4.69, 9.17) is 0 Å². The smallest absolute Gasteiger partial charge is 0.309 e. The van der Waals surface area contributed by atoms with Crippen molar-refractivity contribution in [2.45, 2.75) is 45.8 Å². The molecule has 0 bridgehead atoms. The topological polar surface area (TPSA) is 77.8 Å². The number of aliphatic carboxylic acids is 1. The third-order valence-electron chi connectivity index (χ3n) is 5.65. The van der Waals surface area contributed by atoms with Crippen LogP contribution in [0.15, 0.2) is 30.3 Å². The normalized spacial score (nSPS) is 30.8. The Bertz CT molecular complexity index is 511. The number of aliphatic hydroxyl groups is 2. The molecule has 0 spiro atoms. The van der Waals surface area contributed by atoms with E-state index >= 15 is 0 Å². The standard InChI is InChI=1S/C17H24O4/c1-16(2)12(9-10-17(16,3)15(20)21)14(19)13(18)11-7-5-4-6-8-11/h4-8,12-14,18-19H,9-10H2,1-3H3,(H,20,21)/t12-,13+,14-,17+/m0/s1. The minimum Gasteiger partial charge on any atom is -0.481 e. The number of hydrogen-bond donors (Lipinski definition) is 3. The Balaban J connectivity index is 2.25. The van der Waals surface area contributed by atoms with Crippen LogP contribution in [0.5, 0.6) is 0 Å². The van der Waals surface area contributed by atoms with Gasteiger partial charge in [-0.15, -0.1) is 0 Å². The summed E-state index contributed by atoms with van der Waals surface area (Å²) in [5, 5.41) is 30.5. The van der Waals surface area contributed by atoms with Gasteiger partial charge in [0.05, 0.1) is 11.5 Å². The quantitative estimate of drug-likeness (QED) is 0.797. The van der Waals surface area contributed by atoms with Gasteiger partial charge in [0.15, 0.2) is 0 Å². The van der Waals surface area contributed by atoms with Crippen molar-refractivity contribution in [2.75, 3.05) is 0 Å². The van der Waals surface area contributed by atoms with E-state index in [-0.39, 0.29) is 5.92 Å². The predicted octanol–water partition coefficient (Wildman–Crippen LogP) is 2.61. The summed E-state index contributed by atoms with van der Waals surface area (Å²) in [7, 11) is 0. The molecule has 0 unspecified atom stereocenters. The summed E-state index contributed by atoms with van der Waals surface area (Å²) in [6, 6.07) is 9.01. The van der Waals surface area contributed by atoms with Crippen LogP contribution < -0.4 is 0 Å². The third-order valence-corrected chi connectivity index (χ3v) is 5.65. The Hall–Kier alpha value is -1.39. The number of carboxylic acids is 1. The SMILES string of the molecule is CC1(C)[C@H]([C@H](O)[C@H](O)c2ccccc2)CC[C@]1(C)C(=O)O. The van der Waals surface area contributed by atoms with Crippen LogP contribution in [-0.2, 0) is 4.79 Å². The van der Waals surface area contributed by atoms with Crippen LogP contribution in [-0.4, -0.2) is 27.4 Å². The average molecular weight is 292 g/mol. The zero-order chi connectivity index (χ0) is 15.8. The number of hydrogen-bond acceptors (Lipinski definition) is 3. The van der Waals surface area contributed by atoms with Gasteiger partial charge in [-0.3, -0.25) is 4.79 Å². The Morgan fingerprint density at radius 3 is 2.24 bits per heavy atom. The monoisotopic (exact) mass is 292 g/mol. The lowest BCUT2D eigenvalue weighted by Crippen LogP contribution is -2.45. The number of rotatable bonds is 4. The van der Waals surface area contributed by atoms with E-state index in [1.165, 1.54) is 0 Å². The molecule has 4 atom stereocenters. The Kier molecular flexibility index (Phi) is 4.13.